The molecule has 196 valence electrons. The molecule has 0 aromatic heterocycles. The van der Waals surface area contributed by atoms with Crippen molar-refractivity contribution < 1.29 is 24.2 Å². The first-order valence-electron chi connectivity index (χ1n) is 12.1. The van der Waals surface area contributed by atoms with Crippen LogP contribution in [0.15, 0.2) is 48.5 Å². The highest BCUT2D eigenvalue weighted by atomic mass is 35.5. The van der Waals surface area contributed by atoms with E-state index >= 15 is 0 Å². The first-order valence-corrected chi connectivity index (χ1v) is 12.5. The lowest BCUT2D eigenvalue weighted by molar-refractivity contribution is -0.142. The van der Waals surface area contributed by atoms with Gasteiger partial charge >= 0.3 is 5.97 Å². The standard InChI is InChI=1S/C27H36ClN3O5/c1-17(2)14-23(27(34)35)31-26(33)22(15-19-8-6-5-7-9-19)30-25(32)21-11-10-20(28)16-24(21)36-13-12-29-18(3)4/h5-11,16-18,22-23,29H,12-15H2,1-4H3,(H,30,32)(H,31,33)(H,34,35)/t22-,23-/m0/s1. The van der Waals surface area contributed by atoms with Gasteiger partial charge in [-0.25, -0.2) is 4.79 Å². The van der Waals surface area contributed by atoms with Crippen LogP contribution in [-0.2, 0) is 16.0 Å². The van der Waals surface area contributed by atoms with Crippen LogP contribution in [0.3, 0.4) is 0 Å². The molecule has 0 saturated carbocycles. The number of benzene rings is 2. The molecule has 36 heavy (non-hydrogen) atoms. The van der Waals surface area contributed by atoms with Crippen molar-refractivity contribution in [2.75, 3.05) is 13.2 Å². The number of hydrogen-bond acceptors (Lipinski definition) is 5. The van der Waals surface area contributed by atoms with E-state index in [0.717, 1.165) is 5.56 Å². The third kappa shape index (κ3) is 9.87. The van der Waals surface area contributed by atoms with Gasteiger partial charge in [-0.05, 0) is 36.1 Å². The van der Waals surface area contributed by atoms with Gasteiger partial charge in [-0.2, -0.15) is 0 Å². The zero-order valence-electron chi connectivity index (χ0n) is 21.2. The second-order valence-corrected chi connectivity index (χ2v) is 9.78. The van der Waals surface area contributed by atoms with Crippen LogP contribution >= 0.6 is 11.6 Å². The van der Waals surface area contributed by atoms with Crippen LogP contribution in [0.4, 0.5) is 0 Å². The Morgan fingerprint density at radius 3 is 2.28 bits per heavy atom. The summed E-state index contributed by atoms with van der Waals surface area (Å²) in [6.07, 6.45) is 0.460. The second kappa shape index (κ2) is 14.5. The molecule has 0 aliphatic rings. The molecule has 8 nitrogen and oxygen atoms in total. The van der Waals surface area contributed by atoms with Crippen molar-refractivity contribution in [2.24, 2.45) is 5.92 Å². The minimum Gasteiger partial charge on any atom is -0.491 e. The van der Waals surface area contributed by atoms with Gasteiger partial charge in [-0.1, -0.05) is 69.6 Å². The average Bonchev–Trinajstić information content (AvgIpc) is 2.81. The van der Waals surface area contributed by atoms with E-state index in [9.17, 15) is 19.5 Å². The summed E-state index contributed by atoms with van der Waals surface area (Å²) < 4.78 is 5.80. The zero-order chi connectivity index (χ0) is 26.7. The largest absolute Gasteiger partial charge is 0.491 e. The van der Waals surface area contributed by atoms with Crippen LogP contribution in [0.5, 0.6) is 5.75 Å². The smallest absolute Gasteiger partial charge is 0.326 e. The summed E-state index contributed by atoms with van der Waals surface area (Å²) in [5, 5.41) is 18.6. The maximum Gasteiger partial charge on any atom is 0.326 e. The van der Waals surface area contributed by atoms with E-state index in [1.165, 1.54) is 0 Å². The highest BCUT2D eigenvalue weighted by Crippen LogP contribution is 2.24. The second-order valence-electron chi connectivity index (χ2n) is 9.34. The van der Waals surface area contributed by atoms with Crippen LogP contribution in [0.1, 0.15) is 50.0 Å². The van der Waals surface area contributed by atoms with Gasteiger partial charge in [-0.15, -0.1) is 0 Å². The van der Waals surface area contributed by atoms with Gasteiger partial charge in [0.1, 0.15) is 24.4 Å². The number of carbonyl (C=O) groups excluding carboxylic acids is 2. The van der Waals surface area contributed by atoms with Gasteiger partial charge in [0.25, 0.3) is 5.91 Å². The molecule has 2 rings (SSSR count). The number of aliphatic carboxylic acids is 1. The van der Waals surface area contributed by atoms with Gasteiger partial charge in [0.2, 0.25) is 5.91 Å². The Hall–Kier alpha value is -3.10. The molecule has 4 N–H and O–H groups in total. The van der Waals surface area contributed by atoms with Crippen LogP contribution in [0, 0.1) is 5.92 Å². The van der Waals surface area contributed by atoms with Crippen molar-refractivity contribution in [3.05, 3.63) is 64.7 Å². The van der Waals surface area contributed by atoms with E-state index in [0.29, 0.717) is 30.0 Å². The SMILES string of the molecule is CC(C)C[C@H](NC(=O)[C@H](Cc1ccccc1)NC(=O)c1ccc(Cl)cc1OCCNC(C)C)C(=O)O. The molecule has 0 aliphatic heterocycles. The highest BCUT2D eigenvalue weighted by molar-refractivity contribution is 6.30. The number of halogens is 1. The normalized spacial score (nSPS) is 12.8. The minimum absolute atomic E-state index is 0.0625. The van der Waals surface area contributed by atoms with Gasteiger partial charge < -0.3 is 25.8 Å². The van der Waals surface area contributed by atoms with E-state index in [4.69, 9.17) is 16.3 Å². The number of amides is 2. The Morgan fingerprint density at radius 2 is 1.67 bits per heavy atom. The van der Waals surface area contributed by atoms with Crippen LogP contribution in [0.25, 0.3) is 0 Å². The first kappa shape index (κ1) is 29.1. The molecular formula is C27H36ClN3O5. The fourth-order valence-electron chi connectivity index (χ4n) is 3.57. The number of hydrogen-bond donors (Lipinski definition) is 4. The predicted octanol–water partition coefficient (Wildman–Crippen LogP) is 3.67. The number of carbonyl (C=O) groups is 3. The summed E-state index contributed by atoms with van der Waals surface area (Å²) >= 11 is 6.13. The van der Waals surface area contributed by atoms with E-state index in [1.807, 2.05) is 58.0 Å². The van der Waals surface area contributed by atoms with Crippen LogP contribution in [-0.4, -0.2) is 54.2 Å². The lowest BCUT2D eigenvalue weighted by Gasteiger charge is -2.23. The van der Waals surface area contributed by atoms with E-state index in [-0.39, 0.29) is 24.3 Å². The molecule has 0 heterocycles. The van der Waals surface area contributed by atoms with Crippen molar-refractivity contribution in [1.29, 1.82) is 0 Å². The van der Waals surface area contributed by atoms with Gasteiger partial charge in [-0.3, -0.25) is 9.59 Å². The topological polar surface area (TPSA) is 117 Å². The van der Waals surface area contributed by atoms with Crippen molar-refractivity contribution in [3.63, 3.8) is 0 Å². The average molecular weight is 518 g/mol. The lowest BCUT2D eigenvalue weighted by atomic mass is 10.0. The van der Waals surface area contributed by atoms with E-state index in [2.05, 4.69) is 16.0 Å². The zero-order valence-corrected chi connectivity index (χ0v) is 22.0. The van der Waals surface area contributed by atoms with Crippen molar-refractivity contribution in [2.45, 2.75) is 58.7 Å². The molecule has 0 saturated heterocycles. The number of rotatable bonds is 14. The summed E-state index contributed by atoms with van der Waals surface area (Å²) in [4.78, 5) is 38.2. The molecule has 0 radical (unpaired) electrons. The van der Waals surface area contributed by atoms with Crippen molar-refractivity contribution in [1.82, 2.24) is 16.0 Å². The fourth-order valence-corrected chi connectivity index (χ4v) is 3.73. The molecule has 0 aliphatic carbocycles. The monoisotopic (exact) mass is 517 g/mol. The maximum atomic E-state index is 13.3. The maximum absolute atomic E-state index is 13.3. The highest BCUT2D eigenvalue weighted by Gasteiger charge is 2.28. The van der Waals surface area contributed by atoms with Crippen LogP contribution < -0.4 is 20.7 Å². The number of carboxylic acids is 1. The molecule has 2 atom stereocenters. The van der Waals surface area contributed by atoms with Crippen LogP contribution in [0.2, 0.25) is 5.02 Å². The molecule has 9 heteroatoms. The summed E-state index contributed by atoms with van der Waals surface area (Å²) in [5.41, 5.74) is 1.05. The van der Waals surface area contributed by atoms with E-state index in [1.54, 1.807) is 18.2 Å². The molecule has 0 fully saturated rings. The third-order valence-electron chi connectivity index (χ3n) is 5.33. The lowest BCUT2D eigenvalue weighted by Crippen LogP contribution is -2.52. The fraction of sp³-hybridized carbons (Fsp3) is 0.444. The van der Waals surface area contributed by atoms with Crippen molar-refractivity contribution in [3.8, 4) is 5.75 Å². The molecule has 0 bridgehead atoms. The van der Waals surface area contributed by atoms with Gasteiger partial charge in [0.05, 0.1) is 5.56 Å². The molecule has 2 aromatic carbocycles. The Balaban J connectivity index is 2.24. The van der Waals surface area contributed by atoms with E-state index < -0.39 is 29.9 Å². The number of ether oxygens (including phenoxy) is 1. The number of nitrogens with one attached hydrogen (secondary N) is 3. The summed E-state index contributed by atoms with van der Waals surface area (Å²) in [6, 6.07) is 12.1. The predicted molar refractivity (Wildman–Crippen MR) is 141 cm³/mol. The molecule has 0 unspecified atom stereocenters. The molecule has 2 amide bonds. The van der Waals surface area contributed by atoms with Gasteiger partial charge in [0.15, 0.2) is 0 Å². The minimum atomic E-state index is -1.12. The van der Waals surface area contributed by atoms with Crippen molar-refractivity contribution >= 4 is 29.4 Å². The summed E-state index contributed by atoms with van der Waals surface area (Å²) in [7, 11) is 0. The Morgan fingerprint density at radius 1 is 0.972 bits per heavy atom. The molecular weight excluding hydrogens is 482 g/mol. The molecule has 0 spiro atoms. The Kier molecular flexibility index (Phi) is 11.7. The summed E-state index contributed by atoms with van der Waals surface area (Å²) in [6.45, 7) is 8.70. The Labute approximate surface area is 217 Å². The third-order valence-corrected chi connectivity index (χ3v) is 5.56. The summed E-state index contributed by atoms with van der Waals surface area (Å²) in [5.74, 6) is -1.85. The Bertz CT molecular complexity index is 1010. The van der Waals surface area contributed by atoms with Gasteiger partial charge in [0, 0.05) is 24.0 Å². The quantitative estimate of drug-likeness (QED) is 0.284. The number of carboxylic acid groups (broad SMARTS) is 1. The molecule has 2 aromatic rings. The first-order chi connectivity index (χ1) is 17.1.